The number of unbranched alkanes of at least 4 members (excludes halogenated alkanes) is 8. The Labute approximate surface area is 201 Å². The van der Waals surface area contributed by atoms with Crippen LogP contribution < -0.4 is 26.0 Å². The van der Waals surface area contributed by atoms with E-state index < -0.39 is 0 Å². The maximum Gasteiger partial charge on any atom is 0.144 e. The molecule has 0 unspecified atom stereocenters. The number of hydrogen-bond acceptors (Lipinski definition) is 3. The number of H-pyrrole nitrogens is 2. The Balaban J connectivity index is 1.38. The van der Waals surface area contributed by atoms with Gasteiger partial charge < -0.3 is 19.8 Å². The van der Waals surface area contributed by atoms with Crippen molar-refractivity contribution in [2.45, 2.75) is 71.1 Å². The minimum Gasteiger partial charge on any atom is -0.508 e. The first-order valence-electron chi connectivity index (χ1n) is 12.7. The van der Waals surface area contributed by atoms with Gasteiger partial charge in [0, 0.05) is 22.7 Å². The summed E-state index contributed by atoms with van der Waals surface area (Å²) < 4.78 is 5.61. The zero-order chi connectivity index (χ0) is 23.8. The van der Waals surface area contributed by atoms with Gasteiger partial charge in [0.05, 0.1) is 28.9 Å². The number of aromatic nitrogens is 2. The maximum absolute atomic E-state index is 9.73. The Morgan fingerprint density at radius 1 is 0.912 bits per heavy atom. The molecule has 0 saturated carbocycles. The van der Waals surface area contributed by atoms with E-state index in [1.165, 1.54) is 63.5 Å². The minimum atomic E-state index is 0.245. The van der Waals surface area contributed by atoms with Crippen molar-refractivity contribution in [2.24, 2.45) is 4.99 Å². The molecule has 0 amide bonds. The monoisotopic (exact) mass is 459 g/mol. The van der Waals surface area contributed by atoms with Crippen molar-refractivity contribution in [2.75, 3.05) is 7.11 Å². The number of hydrogen-bond donors (Lipinski definition) is 3. The van der Waals surface area contributed by atoms with Gasteiger partial charge in [-0.05, 0) is 55.3 Å². The fourth-order valence-corrected chi connectivity index (χ4v) is 4.54. The van der Waals surface area contributed by atoms with Crippen molar-refractivity contribution in [1.82, 2.24) is 9.97 Å². The van der Waals surface area contributed by atoms with Crippen LogP contribution in [0.15, 0.2) is 41.4 Å². The van der Waals surface area contributed by atoms with Gasteiger partial charge in [0.1, 0.15) is 11.5 Å². The summed E-state index contributed by atoms with van der Waals surface area (Å²) >= 11 is 0. The Morgan fingerprint density at radius 3 is 2.44 bits per heavy atom. The lowest BCUT2D eigenvalue weighted by atomic mass is 10.1. The van der Waals surface area contributed by atoms with Crippen molar-refractivity contribution >= 4 is 17.8 Å². The van der Waals surface area contributed by atoms with E-state index in [-0.39, 0.29) is 5.75 Å². The van der Waals surface area contributed by atoms with Crippen LogP contribution in [-0.2, 0) is 6.42 Å². The molecule has 34 heavy (non-hydrogen) atoms. The summed E-state index contributed by atoms with van der Waals surface area (Å²) in [6.45, 7) is 2.27. The number of nitrogens with one attached hydrogen (secondary N) is 2. The Hall–Kier alpha value is -3.21. The highest BCUT2D eigenvalue weighted by atomic mass is 16.5. The molecule has 3 aromatic rings. The predicted molar refractivity (Wildman–Crippen MR) is 139 cm³/mol. The quantitative estimate of drug-likeness (QED) is 0.356. The molecule has 0 bridgehead atoms. The Morgan fingerprint density at radius 2 is 1.68 bits per heavy atom. The van der Waals surface area contributed by atoms with E-state index in [4.69, 9.17) is 4.74 Å². The number of aromatic amines is 2. The van der Waals surface area contributed by atoms with Gasteiger partial charge in [-0.15, -0.1) is 0 Å². The molecule has 5 heteroatoms. The third kappa shape index (κ3) is 6.22. The second kappa shape index (κ2) is 11.8. The third-order valence-corrected chi connectivity index (χ3v) is 6.47. The second-order valence-electron chi connectivity index (χ2n) is 9.21. The van der Waals surface area contributed by atoms with Crippen LogP contribution in [0.5, 0.6) is 11.5 Å². The normalized spacial score (nSPS) is 14.7. The lowest BCUT2D eigenvalue weighted by Crippen LogP contribution is -2.19. The van der Waals surface area contributed by atoms with Crippen LogP contribution in [0.4, 0.5) is 0 Å². The number of methoxy groups -OCH3 is 1. The van der Waals surface area contributed by atoms with E-state index in [0.717, 1.165) is 44.8 Å². The highest BCUT2D eigenvalue weighted by molar-refractivity contribution is 5.77. The molecule has 3 N–H and O–H groups in total. The number of aromatic hydroxyl groups is 1. The average Bonchev–Trinajstić information content (AvgIpc) is 3.56. The summed E-state index contributed by atoms with van der Waals surface area (Å²) in [5, 5.41) is 13.3. The molecule has 0 saturated heterocycles. The molecule has 1 aromatic carbocycles. The minimum absolute atomic E-state index is 0.245. The molecule has 0 atom stereocenters. The van der Waals surface area contributed by atoms with Crippen LogP contribution in [0.3, 0.4) is 0 Å². The zero-order valence-corrected chi connectivity index (χ0v) is 20.5. The van der Waals surface area contributed by atoms with Gasteiger partial charge in [0.15, 0.2) is 0 Å². The first-order valence-corrected chi connectivity index (χ1v) is 12.7. The molecule has 0 spiro atoms. The molecular weight excluding hydrogens is 422 g/mol. The van der Waals surface area contributed by atoms with E-state index in [0.29, 0.717) is 0 Å². The van der Waals surface area contributed by atoms with Gasteiger partial charge in [-0.1, -0.05) is 58.3 Å². The van der Waals surface area contributed by atoms with Gasteiger partial charge in [0.25, 0.3) is 0 Å². The van der Waals surface area contributed by atoms with Crippen molar-refractivity contribution in [3.63, 3.8) is 0 Å². The highest BCUT2D eigenvalue weighted by Gasteiger charge is 2.07. The van der Waals surface area contributed by atoms with Gasteiger partial charge >= 0.3 is 0 Å². The third-order valence-electron chi connectivity index (χ3n) is 6.47. The fourth-order valence-electron chi connectivity index (χ4n) is 4.54. The van der Waals surface area contributed by atoms with Crippen LogP contribution in [-0.4, -0.2) is 22.2 Å². The molecule has 3 heterocycles. The summed E-state index contributed by atoms with van der Waals surface area (Å²) in [6, 6.07) is 11.5. The SMILES string of the molecule is CCCCCCCCCCCc1ccc(C=c2[nH]c(=C3C=c4cc(O)ccc4=N3)cc2OC)[nH]1. The molecule has 0 fully saturated rings. The van der Waals surface area contributed by atoms with Crippen molar-refractivity contribution in [3.8, 4) is 11.5 Å². The lowest BCUT2D eigenvalue weighted by molar-refractivity contribution is 0.412. The molecule has 1 aliphatic heterocycles. The summed E-state index contributed by atoms with van der Waals surface area (Å²) in [5.41, 5.74) is 3.17. The molecule has 5 nitrogen and oxygen atoms in total. The predicted octanol–water partition coefficient (Wildman–Crippen LogP) is 4.18. The number of phenolic OH excluding ortho intramolecular Hbond substituents is 1. The number of fused-ring (bicyclic) bond motifs is 1. The van der Waals surface area contributed by atoms with Crippen LogP contribution in [0, 0.1) is 0 Å². The molecular formula is C29H37N3O2. The first kappa shape index (κ1) is 23.9. The van der Waals surface area contributed by atoms with Gasteiger partial charge in [-0.2, -0.15) is 0 Å². The molecule has 180 valence electrons. The van der Waals surface area contributed by atoms with E-state index in [1.807, 2.05) is 18.2 Å². The molecule has 2 aromatic heterocycles. The van der Waals surface area contributed by atoms with E-state index in [1.54, 1.807) is 19.2 Å². The van der Waals surface area contributed by atoms with Crippen molar-refractivity contribution < 1.29 is 9.84 Å². The van der Waals surface area contributed by atoms with Crippen molar-refractivity contribution in [1.29, 1.82) is 0 Å². The Bertz CT molecular complexity index is 1330. The first-order chi connectivity index (χ1) is 16.7. The van der Waals surface area contributed by atoms with Gasteiger partial charge in [0.2, 0.25) is 0 Å². The zero-order valence-electron chi connectivity index (χ0n) is 20.5. The van der Waals surface area contributed by atoms with Crippen molar-refractivity contribution in [3.05, 3.63) is 69.1 Å². The van der Waals surface area contributed by atoms with Crippen LogP contribution >= 0.6 is 0 Å². The average molecular weight is 460 g/mol. The second-order valence-corrected chi connectivity index (χ2v) is 9.21. The molecule has 0 radical (unpaired) electrons. The molecule has 0 aliphatic carbocycles. The summed E-state index contributed by atoms with van der Waals surface area (Å²) in [6.07, 6.45) is 17.3. The van der Waals surface area contributed by atoms with E-state index in [9.17, 15) is 5.11 Å². The number of rotatable bonds is 12. The number of phenols is 1. The topological polar surface area (TPSA) is 73.4 Å². The smallest absolute Gasteiger partial charge is 0.144 e. The Kier molecular flexibility index (Phi) is 8.29. The number of ether oxygens (including phenoxy) is 1. The fraction of sp³-hybridized carbons (Fsp3) is 0.414. The molecule has 4 rings (SSSR count). The van der Waals surface area contributed by atoms with E-state index in [2.05, 4.69) is 40.1 Å². The number of nitrogens with zero attached hydrogens (tertiary/aromatic N) is 1. The van der Waals surface area contributed by atoms with E-state index >= 15 is 0 Å². The van der Waals surface area contributed by atoms with Crippen LogP contribution in [0.2, 0.25) is 0 Å². The highest BCUT2D eigenvalue weighted by Crippen LogP contribution is 2.13. The summed E-state index contributed by atoms with van der Waals surface area (Å²) in [7, 11) is 1.68. The summed E-state index contributed by atoms with van der Waals surface area (Å²) in [5.74, 6) is 1.02. The standard InChI is InChI=1S/C29H37N3O2/c1-3-4-5-6-7-8-9-10-11-12-22-13-14-23(30-22)19-28-29(34-2)20-27(32-28)26-18-21-17-24(33)15-16-25(21)31-26/h13-20,30,32-33H,3-12H2,1-2H3. The maximum atomic E-state index is 9.73. The lowest BCUT2D eigenvalue weighted by Gasteiger charge is -2.01. The largest absolute Gasteiger partial charge is 0.508 e. The molecule has 1 aliphatic rings. The number of aryl methyl sites for hydroxylation is 1. The van der Waals surface area contributed by atoms with Gasteiger partial charge in [-0.3, -0.25) is 0 Å². The van der Waals surface area contributed by atoms with Gasteiger partial charge in [-0.25, -0.2) is 4.99 Å². The van der Waals surface area contributed by atoms with Crippen LogP contribution in [0.1, 0.15) is 76.1 Å². The van der Waals surface area contributed by atoms with Crippen LogP contribution in [0.25, 0.3) is 17.8 Å². The number of benzene rings is 1. The summed E-state index contributed by atoms with van der Waals surface area (Å²) in [4.78, 5) is 11.7.